The number of fused-ring (bicyclic) bond motifs is 1. The van der Waals surface area contributed by atoms with Crippen molar-refractivity contribution in [3.63, 3.8) is 0 Å². The lowest BCUT2D eigenvalue weighted by atomic mass is 9.88. The number of benzene rings is 1. The highest BCUT2D eigenvalue weighted by Gasteiger charge is 2.33. The first kappa shape index (κ1) is 24.5. The van der Waals surface area contributed by atoms with Gasteiger partial charge in [-0.3, -0.25) is 9.59 Å². The predicted molar refractivity (Wildman–Crippen MR) is 140 cm³/mol. The Morgan fingerprint density at radius 3 is 2.39 bits per heavy atom. The monoisotopic (exact) mass is 490 g/mol. The van der Waals surface area contributed by atoms with Crippen LogP contribution in [-0.4, -0.2) is 35.5 Å². The quantitative estimate of drug-likeness (QED) is 0.439. The van der Waals surface area contributed by atoms with Crippen molar-refractivity contribution in [3.8, 4) is 5.75 Å². The van der Waals surface area contributed by atoms with Crippen LogP contribution in [0.5, 0.6) is 5.75 Å². The van der Waals surface area contributed by atoms with Gasteiger partial charge in [0.15, 0.2) is 0 Å². The first-order chi connectivity index (χ1) is 17.4. The van der Waals surface area contributed by atoms with E-state index >= 15 is 0 Å². The maximum Gasteiger partial charge on any atom is 0.255 e. The van der Waals surface area contributed by atoms with Crippen LogP contribution in [0.4, 0.5) is 0 Å². The summed E-state index contributed by atoms with van der Waals surface area (Å²) in [5, 5.41) is 9.96. The molecular formula is C29H38N4O3. The van der Waals surface area contributed by atoms with Gasteiger partial charge in [0.05, 0.1) is 23.9 Å². The molecule has 1 aromatic carbocycles. The largest absolute Gasteiger partial charge is 0.493 e. The lowest BCUT2D eigenvalue weighted by Gasteiger charge is -2.32. The summed E-state index contributed by atoms with van der Waals surface area (Å²) in [4.78, 5) is 28.5. The Morgan fingerprint density at radius 2 is 1.69 bits per heavy atom. The van der Waals surface area contributed by atoms with Crippen LogP contribution >= 0.6 is 0 Å². The van der Waals surface area contributed by atoms with E-state index in [0.717, 1.165) is 60.6 Å². The predicted octanol–water partition coefficient (Wildman–Crippen LogP) is 4.49. The number of ether oxygens (including phenoxy) is 1. The molecule has 2 aromatic rings. The Morgan fingerprint density at radius 1 is 0.972 bits per heavy atom. The van der Waals surface area contributed by atoms with Crippen LogP contribution in [-0.2, 0) is 9.59 Å². The van der Waals surface area contributed by atoms with E-state index in [9.17, 15) is 9.59 Å². The molecular weight excluding hydrogens is 452 g/mol. The van der Waals surface area contributed by atoms with Gasteiger partial charge in [-0.2, -0.15) is 0 Å². The maximum absolute atomic E-state index is 13.5. The standard InChI is InChI=1S/C29H38N4O3/c1-4-25(34)32-20-8-10-21(11-9-20)33-29(35)26-18(3)31-27(22-13-14-30-28(22)26)23-15-17(2)5-12-24(23)36-16-19-6-7-19/h5,12-15,19-21,27,30-31H,4,6-11,16H2,1-3H3,(H,32,34)(H,33,35). The van der Waals surface area contributed by atoms with Crippen molar-refractivity contribution in [3.05, 3.63) is 58.5 Å². The van der Waals surface area contributed by atoms with Gasteiger partial charge in [0.2, 0.25) is 5.91 Å². The second kappa shape index (κ2) is 10.4. The van der Waals surface area contributed by atoms with E-state index in [-0.39, 0.29) is 29.9 Å². The Bertz CT molecular complexity index is 1160. The van der Waals surface area contributed by atoms with E-state index in [1.165, 1.54) is 18.4 Å². The number of aromatic amines is 1. The van der Waals surface area contributed by atoms with Crippen LogP contribution in [0.3, 0.4) is 0 Å². The summed E-state index contributed by atoms with van der Waals surface area (Å²) < 4.78 is 6.24. The summed E-state index contributed by atoms with van der Waals surface area (Å²) in [5.74, 6) is 1.62. The van der Waals surface area contributed by atoms with Crippen molar-refractivity contribution in [2.75, 3.05) is 6.61 Å². The van der Waals surface area contributed by atoms with E-state index in [4.69, 9.17) is 4.74 Å². The van der Waals surface area contributed by atoms with Gasteiger partial charge in [-0.25, -0.2) is 0 Å². The third kappa shape index (κ3) is 5.30. The van der Waals surface area contributed by atoms with E-state index in [1.54, 1.807) is 0 Å². The molecule has 1 atom stereocenters. The molecule has 7 nitrogen and oxygen atoms in total. The highest BCUT2D eigenvalue weighted by atomic mass is 16.5. The van der Waals surface area contributed by atoms with E-state index in [2.05, 4.69) is 52.1 Å². The first-order valence-corrected chi connectivity index (χ1v) is 13.4. The van der Waals surface area contributed by atoms with Crippen LogP contribution < -0.4 is 20.7 Å². The second-order valence-electron chi connectivity index (χ2n) is 10.6. The minimum Gasteiger partial charge on any atom is -0.493 e. The molecule has 2 heterocycles. The number of hydrogen-bond donors (Lipinski definition) is 4. The first-order valence-electron chi connectivity index (χ1n) is 13.4. The summed E-state index contributed by atoms with van der Waals surface area (Å²) in [6, 6.07) is 8.64. The number of carbonyl (C=O) groups excluding carboxylic acids is 2. The molecule has 2 aliphatic carbocycles. The van der Waals surface area contributed by atoms with Crippen LogP contribution in [0, 0.1) is 12.8 Å². The second-order valence-corrected chi connectivity index (χ2v) is 10.6. The normalized spacial score (nSPS) is 23.5. The average molecular weight is 491 g/mol. The molecule has 2 fully saturated rings. The number of allylic oxidation sites excluding steroid dienone is 1. The molecule has 4 N–H and O–H groups in total. The zero-order valence-electron chi connectivity index (χ0n) is 21.6. The number of nitrogens with one attached hydrogen (secondary N) is 4. The van der Waals surface area contributed by atoms with E-state index < -0.39 is 0 Å². The Kier molecular flexibility index (Phi) is 7.08. The zero-order chi connectivity index (χ0) is 25.2. The smallest absolute Gasteiger partial charge is 0.255 e. The van der Waals surface area contributed by atoms with Crippen molar-refractivity contribution in [2.45, 2.75) is 83.8 Å². The SMILES string of the molecule is CCC(=O)NC1CCC(NC(=O)C2=C(C)NC(c3cc(C)ccc3OCC3CC3)c3cc[nH]c32)CC1. The molecule has 36 heavy (non-hydrogen) atoms. The van der Waals surface area contributed by atoms with Gasteiger partial charge >= 0.3 is 0 Å². The zero-order valence-corrected chi connectivity index (χ0v) is 21.6. The molecule has 192 valence electrons. The van der Waals surface area contributed by atoms with Gasteiger partial charge in [-0.15, -0.1) is 0 Å². The minimum atomic E-state index is -0.0884. The molecule has 0 spiro atoms. The lowest BCUT2D eigenvalue weighted by molar-refractivity contribution is -0.122. The van der Waals surface area contributed by atoms with Crippen molar-refractivity contribution in [1.82, 2.24) is 20.9 Å². The number of amides is 2. The molecule has 2 saturated carbocycles. The van der Waals surface area contributed by atoms with Crippen molar-refractivity contribution in [2.24, 2.45) is 5.92 Å². The Labute approximate surface area is 213 Å². The summed E-state index contributed by atoms with van der Waals surface area (Å²) in [7, 11) is 0. The molecule has 1 aliphatic heterocycles. The van der Waals surface area contributed by atoms with E-state index in [1.807, 2.05) is 20.0 Å². The van der Waals surface area contributed by atoms with E-state index in [0.29, 0.717) is 17.9 Å². The molecule has 0 radical (unpaired) electrons. The molecule has 5 rings (SSSR count). The highest BCUT2D eigenvalue weighted by molar-refractivity contribution is 6.20. The topological polar surface area (TPSA) is 95.2 Å². The molecule has 3 aliphatic rings. The van der Waals surface area contributed by atoms with Gasteiger partial charge in [0.1, 0.15) is 5.75 Å². The summed E-state index contributed by atoms with van der Waals surface area (Å²) >= 11 is 0. The fourth-order valence-corrected chi connectivity index (χ4v) is 5.41. The number of carbonyl (C=O) groups is 2. The number of hydrogen-bond acceptors (Lipinski definition) is 4. The van der Waals surface area contributed by atoms with Crippen LogP contribution in [0.15, 0.2) is 36.2 Å². The summed E-state index contributed by atoms with van der Waals surface area (Å²) in [6.45, 7) is 6.70. The Hall–Kier alpha value is -3.22. The molecule has 0 bridgehead atoms. The van der Waals surface area contributed by atoms with Crippen LogP contribution in [0.1, 0.15) is 87.2 Å². The average Bonchev–Trinajstić information content (AvgIpc) is 3.58. The van der Waals surface area contributed by atoms with Crippen LogP contribution in [0.2, 0.25) is 0 Å². The molecule has 1 aromatic heterocycles. The highest BCUT2D eigenvalue weighted by Crippen LogP contribution is 2.40. The number of H-pyrrole nitrogens is 1. The van der Waals surface area contributed by atoms with Crippen molar-refractivity contribution < 1.29 is 14.3 Å². The van der Waals surface area contributed by atoms with Crippen LogP contribution in [0.25, 0.3) is 5.57 Å². The van der Waals surface area contributed by atoms with Gasteiger partial charge in [-0.1, -0.05) is 18.6 Å². The van der Waals surface area contributed by atoms with Gasteiger partial charge < -0.3 is 25.7 Å². The molecule has 1 unspecified atom stereocenters. The fraction of sp³-hybridized carbons (Fsp3) is 0.517. The van der Waals surface area contributed by atoms with Gasteiger partial charge in [0, 0.05) is 41.5 Å². The van der Waals surface area contributed by atoms with Crippen molar-refractivity contribution >= 4 is 17.4 Å². The minimum absolute atomic E-state index is 0.0577. The number of aryl methyl sites for hydroxylation is 1. The number of aromatic nitrogens is 1. The molecule has 2 amide bonds. The maximum atomic E-state index is 13.5. The fourth-order valence-electron chi connectivity index (χ4n) is 5.41. The van der Waals surface area contributed by atoms with Gasteiger partial charge in [-0.05, 0) is 76.5 Å². The number of rotatable bonds is 8. The summed E-state index contributed by atoms with van der Waals surface area (Å²) in [5.41, 5.74) is 5.72. The van der Waals surface area contributed by atoms with Gasteiger partial charge in [0.25, 0.3) is 5.91 Å². The molecule has 0 saturated heterocycles. The van der Waals surface area contributed by atoms with Crippen molar-refractivity contribution in [1.29, 1.82) is 0 Å². The lowest BCUT2D eigenvalue weighted by Crippen LogP contribution is -2.44. The summed E-state index contributed by atoms with van der Waals surface area (Å²) in [6.07, 6.45) is 8.43. The third-order valence-electron chi connectivity index (χ3n) is 7.70. The molecule has 7 heteroatoms. The third-order valence-corrected chi connectivity index (χ3v) is 7.70. The Balaban J connectivity index is 1.31.